The average molecular weight is 416 g/mol. The molecule has 0 aliphatic carbocycles. The number of aromatic nitrogens is 1. The van der Waals surface area contributed by atoms with E-state index in [2.05, 4.69) is 5.32 Å². The van der Waals surface area contributed by atoms with Gasteiger partial charge in [0, 0.05) is 28.4 Å². The lowest BCUT2D eigenvalue weighted by atomic mass is 10.1. The van der Waals surface area contributed by atoms with Crippen LogP contribution in [0.5, 0.6) is 0 Å². The summed E-state index contributed by atoms with van der Waals surface area (Å²) in [5.74, 6) is 0. The van der Waals surface area contributed by atoms with Gasteiger partial charge in [-0.1, -0.05) is 0 Å². The van der Waals surface area contributed by atoms with Crippen molar-refractivity contribution in [2.45, 2.75) is 37.3 Å². The number of hydrogen-bond donors (Lipinski definition) is 2. The molecule has 0 unspecified atom stereocenters. The molecule has 156 valence electrons. The highest BCUT2D eigenvalue weighted by atomic mass is 19.4. The number of β-amino-alcohol motifs (C(OH)–C–C–N with tert-alkyl or cyclic N) is 1. The van der Waals surface area contributed by atoms with Gasteiger partial charge in [-0.15, -0.1) is 0 Å². The van der Waals surface area contributed by atoms with Crippen LogP contribution in [0.15, 0.2) is 36.4 Å². The molecular formula is C20H18F6N2O. The minimum atomic E-state index is -4.62. The molecule has 0 spiro atoms. The van der Waals surface area contributed by atoms with Gasteiger partial charge in [-0.2, -0.15) is 26.3 Å². The van der Waals surface area contributed by atoms with Gasteiger partial charge in [0.05, 0.1) is 23.3 Å². The molecule has 4 rings (SSSR count). The summed E-state index contributed by atoms with van der Waals surface area (Å²) in [5.41, 5.74) is -1.11. The van der Waals surface area contributed by atoms with Crippen molar-refractivity contribution >= 4 is 21.8 Å². The van der Waals surface area contributed by atoms with Crippen LogP contribution in [0.4, 0.5) is 26.3 Å². The van der Waals surface area contributed by atoms with E-state index in [-0.39, 0.29) is 10.8 Å². The van der Waals surface area contributed by atoms with Crippen molar-refractivity contribution in [1.82, 2.24) is 9.88 Å². The lowest BCUT2D eigenvalue weighted by molar-refractivity contribution is -0.138. The molecule has 1 fully saturated rings. The number of rotatable bonds is 1. The summed E-state index contributed by atoms with van der Waals surface area (Å²) in [6, 6.07) is 5.70. The van der Waals surface area contributed by atoms with E-state index in [4.69, 9.17) is 0 Å². The number of nitrogens with one attached hydrogen (secondary N) is 1. The Morgan fingerprint density at radius 3 is 1.86 bits per heavy atom. The number of nitrogens with zero attached hydrogens (tertiary/aromatic N) is 1. The van der Waals surface area contributed by atoms with Gasteiger partial charge in [0.15, 0.2) is 0 Å². The molecule has 1 aliphatic rings. The monoisotopic (exact) mass is 416 g/mol. The molecular weight excluding hydrogens is 398 g/mol. The van der Waals surface area contributed by atoms with Crippen LogP contribution in [0, 0.1) is 0 Å². The molecule has 1 saturated heterocycles. The van der Waals surface area contributed by atoms with E-state index < -0.39 is 35.6 Å². The van der Waals surface area contributed by atoms with E-state index in [1.54, 1.807) is 4.57 Å². The Labute approximate surface area is 161 Å². The molecule has 1 aromatic heterocycles. The maximum atomic E-state index is 13.2. The fraction of sp³-hybridized carbons (Fsp3) is 0.400. The second-order valence-electron chi connectivity index (χ2n) is 7.31. The highest BCUT2D eigenvalue weighted by Gasteiger charge is 2.34. The molecule has 3 nitrogen and oxygen atoms in total. The lowest BCUT2D eigenvalue weighted by Gasteiger charge is -2.24. The van der Waals surface area contributed by atoms with Crippen LogP contribution in [0.3, 0.4) is 0 Å². The summed E-state index contributed by atoms with van der Waals surface area (Å²) in [6.07, 6.45) is -8.77. The molecule has 0 saturated carbocycles. The predicted molar refractivity (Wildman–Crippen MR) is 96.6 cm³/mol. The first-order valence-electron chi connectivity index (χ1n) is 9.18. The Morgan fingerprint density at radius 1 is 0.862 bits per heavy atom. The van der Waals surface area contributed by atoms with Crippen molar-refractivity contribution in [3.8, 4) is 0 Å². The van der Waals surface area contributed by atoms with Gasteiger partial charge in [0.1, 0.15) is 0 Å². The van der Waals surface area contributed by atoms with Crippen molar-refractivity contribution < 1.29 is 31.4 Å². The number of hydrogen-bond acceptors (Lipinski definition) is 2. The Bertz CT molecular complexity index is 982. The maximum Gasteiger partial charge on any atom is 0.416 e. The summed E-state index contributed by atoms with van der Waals surface area (Å²) in [7, 11) is 0. The predicted octanol–water partition coefficient (Wildman–Crippen LogP) is 5.12. The molecule has 2 aromatic carbocycles. The number of fused-ring (bicyclic) bond motifs is 3. The van der Waals surface area contributed by atoms with Crippen LogP contribution >= 0.6 is 0 Å². The number of aliphatic hydroxyl groups is 1. The fourth-order valence-electron chi connectivity index (χ4n) is 4.08. The summed E-state index contributed by atoms with van der Waals surface area (Å²) in [4.78, 5) is 0. The third-order valence-electron chi connectivity index (χ3n) is 5.44. The Kier molecular flexibility index (Phi) is 4.77. The first kappa shape index (κ1) is 20.0. The van der Waals surface area contributed by atoms with Gasteiger partial charge in [-0.25, -0.2) is 0 Å². The Morgan fingerprint density at radius 2 is 1.38 bits per heavy atom. The van der Waals surface area contributed by atoms with Gasteiger partial charge in [-0.3, -0.25) is 0 Å². The second-order valence-corrected chi connectivity index (χ2v) is 7.31. The topological polar surface area (TPSA) is 37.2 Å². The van der Waals surface area contributed by atoms with Crippen LogP contribution < -0.4 is 5.32 Å². The maximum absolute atomic E-state index is 13.2. The van der Waals surface area contributed by atoms with Crippen molar-refractivity contribution in [3.63, 3.8) is 0 Å². The zero-order valence-corrected chi connectivity index (χ0v) is 15.1. The van der Waals surface area contributed by atoms with Crippen LogP contribution in [0.1, 0.15) is 30.0 Å². The molecule has 9 heteroatoms. The quantitative estimate of drug-likeness (QED) is 0.541. The Balaban J connectivity index is 2.03. The smallest absolute Gasteiger partial charge is 0.390 e. The molecule has 0 bridgehead atoms. The minimum Gasteiger partial charge on any atom is -0.390 e. The third kappa shape index (κ3) is 3.57. The van der Waals surface area contributed by atoms with Gasteiger partial charge in [0.25, 0.3) is 0 Å². The SMILES string of the molecule is O[C@H]1CNCCC[C@@H]1n1c2ccc(C(F)(F)F)cc2c2cc(C(F)(F)F)ccc21. The van der Waals surface area contributed by atoms with Crippen LogP contribution in [-0.2, 0) is 12.4 Å². The van der Waals surface area contributed by atoms with E-state index in [1.165, 1.54) is 12.1 Å². The van der Waals surface area contributed by atoms with Crippen molar-refractivity contribution in [2.75, 3.05) is 13.1 Å². The van der Waals surface area contributed by atoms with E-state index in [1.807, 2.05) is 0 Å². The highest BCUT2D eigenvalue weighted by molar-refractivity contribution is 6.08. The van der Waals surface area contributed by atoms with Crippen molar-refractivity contribution in [1.29, 1.82) is 0 Å². The first-order chi connectivity index (χ1) is 13.6. The zero-order valence-electron chi connectivity index (χ0n) is 15.1. The van der Waals surface area contributed by atoms with Crippen LogP contribution in [0.2, 0.25) is 0 Å². The second kappa shape index (κ2) is 6.91. The van der Waals surface area contributed by atoms with Crippen molar-refractivity contribution in [2.24, 2.45) is 0 Å². The van der Waals surface area contributed by atoms with Gasteiger partial charge >= 0.3 is 12.4 Å². The van der Waals surface area contributed by atoms with E-state index in [0.29, 0.717) is 30.5 Å². The first-order valence-corrected chi connectivity index (χ1v) is 9.18. The zero-order chi connectivity index (χ0) is 21.0. The molecule has 2 heterocycles. The number of halogens is 6. The standard InChI is InChI=1S/C20H18F6N2O/c21-19(22,23)11-3-5-15-13(8-11)14-9-12(20(24,25)26)4-6-16(14)28(15)17-2-1-7-27-10-18(17)29/h3-6,8-9,17-18,27,29H,1-2,7,10H2/t17-,18-/m0/s1. The summed E-state index contributed by atoms with van der Waals surface area (Å²) in [5, 5.41) is 13.8. The molecule has 29 heavy (non-hydrogen) atoms. The van der Waals surface area contributed by atoms with Crippen LogP contribution in [-0.4, -0.2) is 28.9 Å². The number of alkyl halides is 6. The minimum absolute atomic E-state index is 0.0883. The third-order valence-corrected chi connectivity index (χ3v) is 5.44. The molecule has 2 N–H and O–H groups in total. The van der Waals surface area contributed by atoms with Gasteiger partial charge in [-0.05, 0) is 55.8 Å². The lowest BCUT2D eigenvalue weighted by Crippen LogP contribution is -2.31. The summed E-state index contributed by atoms with van der Waals surface area (Å²) >= 11 is 0. The summed E-state index contributed by atoms with van der Waals surface area (Å²) < 4.78 is 81.0. The van der Waals surface area contributed by atoms with E-state index in [0.717, 1.165) is 30.7 Å². The Hall–Kier alpha value is -2.26. The molecule has 1 aliphatic heterocycles. The largest absolute Gasteiger partial charge is 0.416 e. The number of benzene rings is 2. The summed E-state index contributed by atoms with van der Waals surface area (Å²) in [6.45, 7) is 0.980. The molecule has 2 atom stereocenters. The van der Waals surface area contributed by atoms with E-state index in [9.17, 15) is 31.4 Å². The normalized spacial score (nSPS) is 21.6. The average Bonchev–Trinajstić information content (AvgIpc) is 2.80. The molecule has 0 radical (unpaired) electrons. The van der Waals surface area contributed by atoms with E-state index >= 15 is 0 Å². The molecule has 3 aromatic rings. The van der Waals surface area contributed by atoms with Gasteiger partial charge in [0.2, 0.25) is 0 Å². The van der Waals surface area contributed by atoms with Gasteiger partial charge < -0.3 is 15.0 Å². The number of aliphatic hydroxyl groups excluding tert-OH is 1. The van der Waals surface area contributed by atoms with Crippen molar-refractivity contribution in [3.05, 3.63) is 47.5 Å². The molecule has 0 amide bonds. The van der Waals surface area contributed by atoms with Crippen LogP contribution in [0.25, 0.3) is 21.8 Å². The highest BCUT2D eigenvalue weighted by Crippen LogP contribution is 2.41. The fourth-order valence-corrected chi connectivity index (χ4v) is 4.08.